The molecule has 1 aliphatic carbocycles. The van der Waals surface area contributed by atoms with Crippen molar-refractivity contribution in [1.82, 2.24) is 34.3 Å². The number of nitrogens with one attached hydrogen (secondary N) is 1. The average molecular weight is 507 g/mol. The summed E-state index contributed by atoms with van der Waals surface area (Å²) >= 11 is -2.51. The van der Waals surface area contributed by atoms with E-state index in [9.17, 15) is 17.5 Å². The number of fused-ring (bicyclic) bond motifs is 1. The van der Waals surface area contributed by atoms with Crippen molar-refractivity contribution in [2.24, 2.45) is 7.05 Å². The number of nitrogens with zero attached hydrogens (tertiary/aromatic N) is 6. The predicted molar refractivity (Wildman–Crippen MR) is 127 cm³/mol. The van der Waals surface area contributed by atoms with E-state index < -0.39 is 28.4 Å². The van der Waals surface area contributed by atoms with Crippen molar-refractivity contribution in [2.75, 3.05) is 0 Å². The molecule has 9 nitrogen and oxygen atoms in total. The number of imidazole rings is 1. The molecule has 0 aliphatic heterocycles. The summed E-state index contributed by atoms with van der Waals surface area (Å²) in [5.41, 5.74) is 3.16. The maximum absolute atomic E-state index is 14.7. The van der Waals surface area contributed by atoms with Crippen LogP contribution in [0.4, 0.5) is 8.78 Å². The van der Waals surface area contributed by atoms with Crippen molar-refractivity contribution in [2.45, 2.75) is 18.4 Å². The van der Waals surface area contributed by atoms with Crippen molar-refractivity contribution in [3.05, 3.63) is 78.4 Å². The lowest BCUT2D eigenvalue weighted by molar-refractivity contribution is 0.498. The quantitative estimate of drug-likeness (QED) is 0.353. The Morgan fingerprint density at radius 1 is 1.08 bits per heavy atom. The molecule has 6 rings (SSSR count). The van der Waals surface area contributed by atoms with Crippen LogP contribution in [0.2, 0.25) is 0 Å². The number of benzene rings is 2. The van der Waals surface area contributed by atoms with E-state index in [1.165, 1.54) is 12.1 Å². The number of rotatable bonds is 6. The Morgan fingerprint density at radius 2 is 1.92 bits per heavy atom. The topological polar surface area (TPSA) is 114 Å². The Hall–Kier alpha value is -3.87. The Kier molecular flexibility index (Phi) is 5.25. The smallest absolute Gasteiger partial charge is 0.139 e. The molecule has 0 spiro atoms. The van der Waals surface area contributed by atoms with E-state index in [2.05, 4.69) is 20.0 Å². The second-order valence-electron chi connectivity index (χ2n) is 8.74. The molecule has 0 radical (unpaired) electrons. The van der Waals surface area contributed by atoms with Gasteiger partial charge < -0.3 is 4.55 Å². The van der Waals surface area contributed by atoms with Crippen LogP contribution < -0.4 is 4.72 Å². The molecule has 12 heteroatoms. The minimum absolute atomic E-state index is 0.176. The van der Waals surface area contributed by atoms with Crippen LogP contribution in [0.3, 0.4) is 0 Å². The fourth-order valence-corrected chi connectivity index (χ4v) is 4.92. The van der Waals surface area contributed by atoms with E-state index in [-0.39, 0.29) is 5.56 Å². The fraction of sp³-hybridized carbons (Fsp3) is 0.167. The molecule has 3 aromatic heterocycles. The Bertz CT molecular complexity index is 1660. The second kappa shape index (κ2) is 8.36. The summed E-state index contributed by atoms with van der Waals surface area (Å²) in [4.78, 5) is 9.24. The molecule has 3 heterocycles. The number of hydrogen-bond acceptors (Lipinski definition) is 6. The number of halogens is 2. The fourth-order valence-electron chi connectivity index (χ4n) is 4.29. The van der Waals surface area contributed by atoms with Crippen molar-refractivity contribution in [1.29, 1.82) is 0 Å². The molecule has 0 bridgehead atoms. The molecule has 0 amide bonds. The van der Waals surface area contributed by atoms with Gasteiger partial charge in [0.05, 0.1) is 28.5 Å². The van der Waals surface area contributed by atoms with E-state index in [1.807, 2.05) is 18.2 Å². The first-order valence-corrected chi connectivity index (χ1v) is 12.1. The molecule has 1 aliphatic rings. The van der Waals surface area contributed by atoms with Crippen LogP contribution in [0.1, 0.15) is 18.5 Å². The van der Waals surface area contributed by atoms with Gasteiger partial charge in [-0.05, 0) is 54.8 Å². The molecule has 1 atom stereocenters. The predicted octanol–water partition coefficient (Wildman–Crippen LogP) is 3.53. The van der Waals surface area contributed by atoms with Crippen LogP contribution in [0.5, 0.6) is 0 Å². The molecule has 5 aromatic rings. The summed E-state index contributed by atoms with van der Waals surface area (Å²) in [6, 6.07) is 12.3. The van der Waals surface area contributed by atoms with Crippen molar-refractivity contribution < 1.29 is 17.5 Å². The molecule has 1 saturated carbocycles. The first kappa shape index (κ1) is 22.6. The SMILES string of the molecule is Cn1cc(-c2ccc3c(c2)ncn3-c2cc(-c3ccc(F)cc3F)cc(C3(NS(=O)[O-])CC3)n2)nn1. The van der Waals surface area contributed by atoms with E-state index in [4.69, 9.17) is 4.98 Å². The standard InChI is InChI=1S/C24H19F2N7O2S/c1-32-12-20(29-31-32)14-2-5-21-19(8-14)27-13-33(21)23-10-15(17-4-3-16(25)11-18(17)26)9-22(28-23)24(6-7-24)30-36(34)35/h2-5,8-13,30H,6-7H2,1H3,(H,34,35)/p-1. The molecule has 182 valence electrons. The summed E-state index contributed by atoms with van der Waals surface area (Å²) < 4.78 is 57.1. The zero-order valence-electron chi connectivity index (χ0n) is 18.9. The molecule has 1 N–H and O–H groups in total. The lowest BCUT2D eigenvalue weighted by Crippen LogP contribution is -2.31. The van der Waals surface area contributed by atoms with Gasteiger partial charge in [0.25, 0.3) is 0 Å². The summed E-state index contributed by atoms with van der Waals surface area (Å²) in [6.07, 6.45) is 4.50. The lowest BCUT2D eigenvalue weighted by atomic mass is 10.0. The Balaban J connectivity index is 1.50. The van der Waals surface area contributed by atoms with Gasteiger partial charge in [-0.25, -0.2) is 23.5 Å². The molecule has 2 aromatic carbocycles. The van der Waals surface area contributed by atoms with Gasteiger partial charge in [-0.2, -0.15) is 0 Å². The molecular formula is C24H18F2N7O2S-. The highest BCUT2D eigenvalue weighted by Crippen LogP contribution is 2.46. The first-order valence-electron chi connectivity index (χ1n) is 11.0. The van der Waals surface area contributed by atoms with Crippen molar-refractivity contribution in [3.8, 4) is 28.2 Å². The van der Waals surface area contributed by atoms with Gasteiger partial charge in [0.2, 0.25) is 0 Å². The van der Waals surface area contributed by atoms with E-state index >= 15 is 0 Å². The van der Waals surface area contributed by atoms with Crippen LogP contribution in [-0.2, 0) is 23.9 Å². The molecule has 0 saturated heterocycles. The summed E-state index contributed by atoms with van der Waals surface area (Å²) in [7, 11) is 1.79. The average Bonchev–Trinajstić information content (AvgIpc) is 3.28. The number of pyridine rings is 1. The normalized spacial score (nSPS) is 15.3. The number of aryl methyl sites for hydroxylation is 1. The van der Waals surface area contributed by atoms with Crippen LogP contribution in [0, 0.1) is 11.6 Å². The third-order valence-corrected chi connectivity index (χ3v) is 6.82. The highest BCUT2D eigenvalue weighted by Gasteiger charge is 2.46. The molecular weight excluding hydrogens is 488 g/mol. The van der Waals surface area contributed by atoms with Gasteiger partial charge in [0.15, 0.2) is 0 Å². The van der Waals surface area contributed by atoms with Gasteiger partial charge in [0, 0.05) is 35.5 Å². The largest absolute Gasteiger partial charge is 0.760 e. The zero-order valence-corrected chi connectivity index (χ0v) is 19.7. The summed E-state index contributed by atoms with van der Waals surface area (Å²) in [5, 5.41) is 8.10. The van der Waals surface area contributed by atoms with Crippen LogP contribution in [-0.4, -0.2) is 38.3 Å². The third kappa shape index (κ3) is 3.98. The molecule has 36 heavy (non-hydrogen) atoms. The Labute approximate surface area is 206 Å². The van der Waals surface area contributed by atoms with Gasteiger partial charge in [-0.1, -0.05) is 11.3 Å². The van der Waals surface area contributed by atoms with Gasteiger partial charge in [0.1, 0.15) is 29.5 Å². The van der Waals surface area contributed by atoms with Crippen LogP contribution in [0.25, 0.3) is 39.2 Å². The van der Waals surface area contributed by atoms with E-state index in [1.54, 1.807) is 41.0 Å². The monoisotopic (exact) mass is 506 g/mol. The maximum Gasteiger partial charge on any atom is 0.139 e. The highest BCUT2D eigenvalue weighted by molar-refractivity contribution is 7.77. The first-order chi connectivity index (χ1) is 17.3. The lowest BCUT2D eigenvalue weighted by Gasteiger charge is -2.20. The maximum atomic E-state index is 14.7. The Morgan fingerprint density at radius 3 is 2.61 bits per heavy atom. The van der Waals surface area contributed by atoms with Gasteiger partial charge in [-0.15, -0.1) is 5.10 Å². The van der Waals surface area contributed by atoms with Crippen molar-refractivity contribution >= 4 is 22.3 Å². The van der Waals surface area contributed by atoms with Crippen LogP contribution >= 0.6 is 0 Å². The van der Waals surface area contributed by atoms with E-state index in [0.717, 1.165) is 17.1 Å². The van der Waals surface area contributed by atoms with Crippen LogP contribution in [0.15, 0.2) is 61.1 Å². The highest BCUT2D eigenvalue weighted by atomic mass is 32.2. The van der Waals surface area contributed by atoms with E-state index in [0.29, 0.717) is 41.1 Å². The molecule has 1 unspecified atom stereocenters. The third-order valence-electron chi connectivity index (χ3n) is 6.27. The minimum Gasteiger partial charge on any atom is -0.760 e. The summed E-state index contributed by atoms with van der Waals surface area (Å²) in [6.45, 7) is 0. The second-order valence-corrected chi connectivity index (χ2v) is 9.41. The summed E-state index contributed by atoms with van der Waals surface area (Å²) in [5.74, 6) is -0.995. The number of aromatic nitrogens is 6. The minimum atomic E-state index is -2.51. The molecule has 1 fully saturated rings. The van der Waals surface area contributed by atoms with Gasteiger partial charge in [-0.3, -0.25) is 13.5 Å². The van der Waals surface area contributed by atoms with Gasteiger partial charge >= 0.3 is 0 Å². The number of hydrogen-bond donors (Lipinski definition) is 1. The zero-order chi connectivity index (χ0) is 25.0. The van der Waals surface area contributed by atoms with Crippen molar-refractivity contribution in [3.63, 3.8) is 0 Å².